The molecule has 7 nitrogen and oxygen atoms in total. The monoisotopic (exact) mass is 311 g/mol. The van der Waals surface area contributed by atoms with Crippen molar-refractivity contribution in [1.82, 2.24) is 20.2 Å². The standard InChI is InChI=1S/C12H14FN5O2S/c1-12(4-5-21(19,20)7-12)18-11(15-16-17-18)9-3-2-8(13)6-10(9)14/h2-3,6H,4-5,7,14H2,1H3. The average molecular weight is 311 g/mol. The van der Waals surface area contributed by atoms with Crippen LogP contribution in [0, 0.1) is 5.82 Å². The molecule has 2 aromatic rings. The number of rotatable bonds is 2. The molecule has 2 N–H and O–H groups in total. The van der Waals surface area contributed by atoms with E-state index in [0.29, 0.717) is 17.8 Å². The topological polar surface area (TPSA) is 104 Å². The molecule has 0 radical (unpaired) electrons. The fraction of sp³-hybridized carbons (Fsp3) is 0.417. The van der Waals surface area contributed by atoms with E-state index in [1.54, 1.807) is 6.92 Å². The van der Waals surface area contributed by atoms with Crippen LogP contribution in [0.2, 0.25) is 0 Å². The Balaban J connectivity index is 2.10. The fourth-order valence-corrected chi connectivity index (χ4v) is 4.73. The quantitative estimate of drug-likeness (QED) is 0.814. The lowest BCUT2D eigenvalue weighted by atomic mass is 10.0. The van der Waals surface area contributed by atoms with Gasteiger partial charge in [0, 0.05) is 11.3 Å². The zero-order valence-corrected chi connectivity index (χ0v) is 12.1. The van der Waals surface area contributed by atoms with Crippen molar-refractivity contribution in [2.24, 2.45) is 0 Å². The Morgan fingerprint density at radius 2 is 2.19 bits per heavy atom. The minimum atomic E-state index is -3.10. The minimum Gasteiger partial charge on any atom is -0.398 e. The third-order valence-electron chi connectivity index (χ3n) is 3.72. The molecule has 1 aliphatic rings. The van der Waals surface area contributed by atoms with Gasteiger partial charge in [0.2, 0.25) is 0 Å². The van der Waals surface area contributed by atoms with Gasteiger partial charge < -0.3 is 5.73 Å². The van der Waals surface area contributed by atoms with Crippen molar-refractivity contribution in [3.63, 3.8) is 0 Å². The average Bonchev–Trinajstić information content (AvgIpc) is 2.95. The van der Waals surface area contributed by atoms with E-state index >= 15 is 0 Å². The number of nitrogens with two attached hydrogens (primary N) is 1. The van der Waals surface area contributed by atoms with E-state index in [2.05, 4.69) is 15.5 Å². The molecule has 0 amide bonds. The van der Waals surface area contributed by atoms with Gasteiger partial charge in [-0.1, -0.05) is 0 Å². The number of nitrogen functional groups attached to an aromatic ring is 1. The zero-order valence-electron chi connectivity index (χ0n) is 11.3. The summed E-state index contributed by atoms with van der Waals surface area (Å²) in [4.78, 5) is 0. The van der Waals surface area contributed by atoms with Crippen molar-refractivity contribution in [2.45, 2.75) is 18.9 Å². The minimum absolute atomic E-state index is 0.0286. The SMILES string of the molecule is CC1(n2nnnc2-c2ccc(F)cc2N)CCS(=O)(=O)C1. The van der Waals surface area contributed by atoms with Crippen molar-refractivity contribution in [1.29, 1.82) is 0 Å². The van der Waals surface area contributed by atoms with Gasteiger partial charge in [-0.3, -0.25) is 0 Å². The Bertz CT molecular complexity index is 804. The van der Waals surface area contributed by atoms with E-state index in [1.807, 2.05) is 0 Å². The van der Waals surface area contributed by atoms with Crippen LogP contribution in [0.1, 0.15) is 13.3 Å². The molecule has 1 unspecified atom stereocenters. The molecule has 1 fully saturated rings. The van der Waals surface area contributed by atoms with E-state index < -0.39 is 21.2 Å². The predicted octanol–water partition coefficient (Wildman–Crippen LogP) is 0.595. The largest absolute Gasteiger partial charge is 0.398 e. The molecule has 1 aromatic heterocycles. The smallest absolute Gasteiger partial charge is 0.184 e. The second-order valence-electron chi connectivity index (χ2n) is 5.48. The highest BCUT2D eigenvalue weighted by atomic mass is 32.2. The van der Waals surface area contributed by atoms with E-state index in [0.717, 1.165) is 0 Å². The highest BCUT2D eigenvalue weighted by Crippen LogP contribution is 2.34. The lowest BCUT2D eigenvalue weighted by Gasteiger charge is -2.23. The molecule has 1 aliphatic heterocycles. The number of benzene rings is 1. The van der Waals surface area contributed by atoms with E-state index in [9.17, 15) is 12.8 Å². The maximum atomic E-state index is 13.1. The van der Waals surface area contributed by atoms with Crippen LogP contribution >= 0.6 is 0 Å². The predicted molar refractivity (Wildman–Crippen MR) is 74.5 cm³/mol. The Labute approximate surface area is 120 Å². The number of tetrazole rings is 1. The van der Waals surface area contributed by atoms with Crippen LogP contribution in [-0.2, 0) is 15.4 Å². The first-order chi connectivity index (χ1) is 9.81. The fourth-order valence-electron chi connectivity index (χ4n) is 2.62. The van der Waals surface area contributed by atoms with Gasteiger partial charge in [0.05, 0.1) is 17.0 Å². The van der Waals surface area contributed by atoms with Crippen molar-refractivity contribution < 1.29 is 12.8 Å². The first-order valence-corrected chi connectivity index (χ1v) is 8.18. The second-order valence-corrected chi connectivity index (χ2v) is 7.67. The molecule has 1 aromatic carbocycles. The maximum Gasteiger partial charge on any atom is 0.184 e. The summed E-state index contributed by atoms with van der Waals surface area (Å²) in [6, 6.07) is 3.93. The molecule has 3 rings (SSSR count). The third kappa shape index (κ3) is 2.37. The zero-order chi connectivity index (χ0) is 15.3. The van der Waals surface area contributed by atoms with Crippen molar-refractivity contribution in [3.8, 4) is 11.4 Å². The molecular weight excluding hydrogens is 297 g/mol. The van der Waals surface area contributed by atoms with Crippen LogP contribution in [-0.4, -0.2) is 40.1 Å². The first-order valence-electron chi connectivity index (χ1n) is 6.35. The maximum absolute atomic E-state index is 13.1. The van der Waals surface area contributed by atoms with Gasteiger partial charge in [-0.05, 0) is 42.0 Å². The molecule has 0 aliphatic carbocycles. The molecule has 0 saturated carbocycles. The van der Waals surface area contributed by atoms with Crippen LogP contribution in [0.25, 0.3) is 11.4 Å². The third-order valence-corrected chi connectivity index (χ3v) is 5.61. The molecular formula is C12H14FN5O2S. The number of anilines is 1. The highest BCUT2D eigenvalue weighted by Gasteiger charge is 2.42. The summed E-state index contributed by atoms with van der Waals surface area (Å²) in [5.74, 6) is -0.0436. The molecule has 112 valence electrons. The number of sulfone groups is 1. The number of hydrogen-bond donors (Lipinski definition) is 1. The summed E-state index contributed by atoms with van der Waals surface area (Å²) < 4.78 is 38.1. The normalized spacial score (nSPS) is 24.3. The summed E-state index contributed by atoms with van der Waals surface area (Å²) >= 11 is 0. The molecule has 0 bridgehead atoms. The molecule has 2 heterocycles. The van der Waals surface area contributed by atoms with E-state index in [4.69, 9.17) is 5.73 Å². The van der Waals surface area contributed by atoms with Crippen LogP contribution in [0.3, 0.4) is 0 Å². The Kier molecular flexibility index (Phi) is 2.97. The Hall–Kier alpha value is -2.03. The summed E-state index contributed by atoms with van der Waals surface area (Å²) in [6.45, 7) is 1.79. The van der Waals surface area contributed by atoms with Gasteiger partial charge in [-0.15, -0.1) is 5.10 Å². The number of halogens is 1. The Morgan fingerprint density at radius 3 is 2.81 bits per heavy atom. The lowest BCUT2D eigenvalue weighted by Crippen LogP contribution is -2.33. The second kappa shape index (κ2) is 4.48. The van der Waals surface area contributed by atoms with Crippen LogP contribution in [0.15, 0.2) is 18.2 Å². The Morgan fingerprint density at radius 1 is 1.43 bits per heavy atom. The lowest BCUT2D eigenvalue weighted by molar-refractivity contribution is 0.325. The molecule has 1 atom stereocenters. The molecule has 9 heteroatoms. The first kappa shape index (κ1) is 13.9. The summed E-state index contributed by atoms with van der Waals surface area (Å²) in [5.41, 5.74) is 5.77. The van der Waals surface area contributed by atoms with Gasteiger partial charge >= 0.3 is 0 Å². The molecule has 21 heavy (non-hydrogen) atoms. The van der Waals surface area contributed by atoms with Gasteiger partial charge in [-0.2, -0.15) is 0 Å². The van der Waals surface area contributed by atoms with Gasteiger partial charge in [-0.25, -0.2) is 17.5 Å². The van der Waals surface area contributed by atoms with Crippen LogP contribution < -0.4 is 5.73 Å². The van der Waals surface area contributed by atoms with Gasteiger partial charge in [0.25, 0.3) is 0 Å². The van der Waals surface area contributed by atoms with Crippen molar-refractivity contribution in [3.05, 3.63) is 24.0 Å². The van der Waals surface area contributed by atoms with Gasteiger partial charge in [0.15, 0.2) is 15.7 Å². The van der Waals surface area contributed by atoms with Crippen LogP contribution in [0.5, 0.6) is 0 Å². The van der Waals surface area contributed by atoms with E-state index in [1.165, 1.54) is 22.9 Å². The van der Waals surface area contributed by atoms with Crippen molar-refractivity contribution in [2.75, 3.05) is 17.2 Å². The van der Waals surface area contributed by atoms with E-state index in [-0.39, 0.29) is 17.2 Å². The van der Waals surface area contributed by atoms with Gasteiger partial charge in [0.1, 0.15) is 5.82 Å². The highest BCUT2D eigenvalue weighted by molar-refractivity contribution is 7.91. The number of aromatic nitrogens is 4. The molecule has 0 spiro atoms. The number of nitrogens with zero attached hydrogens (tertiary/aromatic N) is 4. The summed E-state index contributed by atoms with van der Waals surface area (Å²) in [7, 11) is -3.10. The number of hydrogen-bond acceptors (Lipinski definition) is 6. The van der Waals surface area contributed by atoms with Crippen LogP contribution in [0.4, 0.5) is 10.1 Å². The summed E-state index contributed by atoms with van der Waals surface area (Å²) in [5, 5.41) is 11.5. The molecule has 1 saturated heterocycles. The summed E-state index contributed by atoms with van der Waals surface area (Å²) in [6.07, 6.45) is 0.425. The van der Waals surface area contributed by atoms with Crippen molar-refractivity contribution >= 4 is 15.5 Å².